The number of allylic oxidation sites excluding steroid dienone is 4. The van der Waals surface area contributed by atoms with Crippen LogP contribution in [0.1, 0.15) is 12.6 Å². The molecule has 0 aliphatic rings. The van der Waals surface area contributed by atoms with Crippen LogP contribution in [-0.4, -0.2) is 12.0 Å². The molecule has 1 rings (SSSR count). The SMILES string of the molecule is C=C/C=C\C(F)=C/N(C)c1ccc(CC)nc1. The van der Waals surface area contributed by atoms with Gasteiger partial charge in [0.25, 0.3) is 0 Å². The van der Waals surface area contributed by atoms with Crippen LogP contribution in [0.15, 0.2) is 55.2 Å². The molecule has 1 heterocycles. The van der Waals surface area contributed by atoms with Gasteiger partial charge in [0.05, 0.1) is 11.9 Å². The number of aryl methyl sites for hydroxylation is 1. The Hall–Kier alpha value is -1.90. The number of rotatable bonds is 5. The van der Waals surface area contributed by atoms with Crippen LogP contribution < -0.4 is 4.90 Å². The van der Waals surface area contributed by atoms with Gasteiger partial charge in [0.1, 0.15) is 5.83 Å². The molecule has 3 heteroatoms. The summed E-state index contributed by atoms with van der Waals surface area (Å²) >= 11 is 0. The van der Waals surface area contributed by atoms with Crippen molar-refractivity contribution in [2.75, 3.05) is 11.9 Å². The summed E-state index contributed by atoms with van der Waals surface area (Å²) in [5, 5.41) is 0. The average molecular weight is 232 g/mol. The molecular formula is C14H17FN2. The van der Waals surface area contributed by atoms with Gasteiger partial charge < -0.3 is 4.90 Å². The third kappa shape index (κ3) is 4.23. The van der Waals surface area contributed by atoms with E-state index in [0.717, 1.165) is 17.8 Å². The fourth-order valence-corrected chi connectivity index (χ4v) is 1.30. The summed E-state index contributed by atoms with van der Waals surface area (Å²) in [6.07, 6.45) is 8.49. The monoisotopic (exact) mass is 232 g/mol. The first-order valence-corrected chi connectivity index (χ1v) is 5.51. The van der Waals surface area contributed by atoms with Crippen molar-refractivity contribution in [3.8, 4) is 0 Å². The maximum atomic E-state index is 13.3. The number of pyridine rings is 1. The lowest BCUT2D eigenvalue weighted by Gasteiger charge is -2.13. The maximum Gasteiger partial charge on any atom is 0.139 e. The first-order chi connectivity index (χ1) is 8.17. The molecule has 90 valence electrons. The van der Waals surface area contributed by atoms with Gasteiger partial charge >= 0.3 is 0 Å². The Morgan fingerprint density at radius 1 is 1.53 bits per heavy atom. The van der Waals surface area contributed by atoms with Crippen LogP contribution in [0.2, 0.25) is 0 Å². The highest BCUT2D eigenvalue weighted by molar-refractivity contribution is 5.47. The van der Waals surface area contributed by atoms with Gasteiger partial charge in [-0.1, -0.05) is 25.7 Å². The molecule has 17 heavy (non-hydrogen) atoms. The molecule has 0 spiro atoms. The van der Waals surface area contributed by atoms with E-state index in [1.165, 1.54) is 18.4 Å². The number of hydrogen-bond acceptors (Lipinski definition) is 2. The van der Waals surface area contributed by atoms with Gasteiger partial charge in [-0.3, -0.25) is 4.98 Å². The van der Waals surface area contributed by atoms with Gasteiger partial charge in [0, 0.05) is 18.9 Å². The van der Waals surface area contributed by atoms with Gasteiger partial charge in [-0.05, 0) is 24.6 Å². The predicted molar refractivity (Wildman–Crippen MR) is 70.5 cm³/mol. The van der Waals surface area contributed by atoms with Crippen LogP contribution in [0, 0.1) is 0 Å². The summed E-state index contributed by atoms with van der Waals surface area (Å²) in [7, 11) is 1.78. The highest BCUT2D eigenvalue weighted by Crippen LogP contribution is 2.13. The fourth-order valence-electron chi connectivity index (χ4n) is 1.30. The average Bonchev–Trinajstić information content (AvgIpc) is 2.36. The molecule has 0 bridgehead atoms. The van der Waals surface area contributed by atoms with Crippen LogP contribution in [0.25, 0.3) is 0 Å². The molecule has 0 radical (unpaired) electrons. The molecule has 2 nitrogen and oxygen atoms in total. The number of halogens is 1. The van der Waals surface area contributed by atoms with Crippen LogP contribution in [0.4, 0.5) is 10.1 Å². The van der Waals surface area contributed by atoms with E-state index in [1.54, 1.807) is 24.2 Å². The number of aromatic nitrogens is 1. The van der Waals surface area contributed by atoms with E-state index in [0.29, 0.717) is 0 Å². The van der Waals surface area contributed by atoms with Crippen LogP contribution in [0.5, 0.6) is 0 Å². The van der Waals surface area contributed by atoms with E-state index in [2.05, 4.69) is 11.6 Å². The highest BCUT2D eigenvalue weighted by Gasteiger charge is 1.99. The Balaban J connectivity index is 2.78. The predicted octanol–water partition coefficient (Wildman–Crippen LogP) is 3.63. The molecule has 0 saturated heterocycles. The second-order valence-corrected chi connectivity index (χ2v) is 3.58. The second kappa shape index (κ2) is 6.63. The summed E-state index contributed by atoms with van der Waals surface area (Å²) in [6, 6.07) is 3.87. The van der Waals surface area contributed by atoms with Crippen molar-refractivity contribution < 1.29 is 4.39 Å². The third-order valence-electron chi connectivity index (χ3n) is 2.29. The van der Waals surface area contributed by atoms with E-state index in [4.69, 9.17) is 0 Å². The molecule has 0 saturated carbocycles. The van der Waals surface area contributed by atoms with Crippen molar-refractivity contribution in [2.45, 2.75) is 13.3 Å². The lowest BCUT2D eigenvalue weighted by molar-refractivity contribution is 0.661. The smallest absolute Gasteiger partial charge is 0.139 e. The van der Waals surface area contributed by atoms with Crippen molar-refractivity contribution in [3.63, 3.8) is 0 Å². The Morgan fingerprint density at radius 2 is 2.29 bits per heavy atom. The summed E-state index contributed by atoms with van der Waals surface area (Å²) in [6.45, 7) is 5.53. The molecule has 0 N–H and O–H groups in total. The molecule has 1 aromatic rings. The highest BCUT2D eigenvalue weighted by atomic mass is 19.1. The molecule has 0 aliphatic heterocycles. The van der Waals surface area contributed by atoms with Crippen LogP contribution in [-0.2, 0) is 6.42 Å². The van der Waals surface area contributed by atoms with Gasteiger partial charge in [-0.25, -0.2) is 4.39 Å². The van der Waals surface area contributed by atoms with E-state index >= 15 is 0 Å². The van der Waals surface area contributed by atoms with Crippen molar-refractivity contribution >= 4 is 5.69 Å². The Labute approximate surface area is 102 Å². The van der Waals surface area contributed by atoms with E-state index in [1.807, 2.05) is 19.1 Å². The minimum Gasteiger partial charge on any atom is -0.347 e. The van der Waals surface area contributed by atoms with Crippen molar-refractivity contribution in [3.05, 3.63) is 60.9 Å². The third-order valence-corrected chi connectivity index (χ3v) is 2.29. The molecule has 0 unspecified atom stereocenters. The number of hydrogen-bond donors (Lipinski definition) is 0. The van der Waals surface area contributed by atoms with Crippen LogP contribution in [0.3, 0.4) is 0 Å². The first-order valence-electron chi connectivity index (χ1n) is 5.51. The zero-order chi connectivity index (χ0) is 12.7. The van der Waals surface area contributed by atoms with Crippen molar-refractivity contribution in [1.82, 2.24) is 4.98 Å². The van der Waals surface area contributed by atoms with Gasteiger partial charge in [0.2, 0.25) is 0 Å². The molecule has 1 aromatic heterocycles. The summed E-state index contributed by atoms with van der Waals surface area (Å²) < 4.78 is 13.3. The molecule has 0 aromatic carbocycles. The van der Waals surface area contributed by atoms with Crippen LogP contribution >= 0.6 is 0 Å². The molecule has 0 aliphatic carbocycles. The van der Waals surface area contributed by atoms with Gasteiger partial charge in [-0.15, -0.1) is 0 Å². The zero-order valence-electron chi connectivity index (χ0n) is 10.2. The second-order valence-electron chi connectivity index (χ2n) is 3.58. The van der Waals surface area contributed by atoms with E-state index in [9.17, 15) is 4.39 Å². The topological polar surface area (TPSA) is 16.1 Å². The lowest BCUT2D eigenvalue weighted by Crippen LogP contribution is -2.09. The number of anilines is 1. The van der Waals surface area contributed by atoms with Crippen molar-refractivity contribution in [2.24, 2.45) is 0 Å². The largest absolute Gasteiger partial charge is 0.347 e. The molecular weight excluding hydrogens is 215 g/mol. The zero-order valence-corrected chi connectivity index (χ0v) is 10.2. The Morgan fingerprint density at radius 3 is 2.82 bits per heavy atom. The maximum absolute atomic E-state index is 13.3. The van der Waals surface area contributed by atoms with Gasteiger partial charge in [0.15, 0.2) is 0 Å². The minimum atomic E-state index is -0.327. The van der Waals surface area contributed by atoms with Crippen molar-refractivity contribution in [1.29, 1.82) is 0 Å². The Kier molecular flexibility index (Phi) is 5.14. The molecule has 0 fully saturated rings. The summed E-state index contributed by atoms with van der Waals surface area (Å²) in [5.41, 5.74) is 1.88. The van der Waals surface area contributed by atoms with E-state index < -0.39 is 0 Å². The number of nitrogens with zero attached hydrogens (tertiary/aromatic N) is 2. The standard InChI is InChI=1S/C14H17FN2/c1-4-6-7-12(15)11-17(3)14-9-8-13(5-2)16-10-14/h4,6-11H,1,5H2,2-3H3/b7-6-,12-11+. The fraction of sp³-hybridized carbons (Fsp3) is 0.214. The minimum absolute atomic E-state index is 0.327. The lowest BCUT2D eigenvalue weighted by atomic mass is 10.3. The van der Waals surface area contributed by atoms with Gasteiger partial charge in [-0.2, -0.15) is 0 Å². The molecule has 0 atom stereocenters. The van der Waals surface area contributed by atoms with E-state index in [-0.39, 0.29) is 5.83 Å². The molecule has 0 amide bonds. The normalized spacial score (nSPS) is 11.8. The Bertz CT molecular complexity index is 418. The summed E-state index contributed by atoms with van der Waals surface area (Å²) in [4.78, 5) is 5.95. The first kappa shape index (κ1) is 13.2. The quantitative estimate of drug-likeness (QED) is 0.721. The summed E-state index contributed by atoms with van der Waals surface area (Å²) in [5.74, 6) is -0.327.